The van der Waals surface area contributed by atoms with Crippen molar-refractivity contribution >= 4 is 33.5 Å². The zero-order valence-corrected chi connectivity index (χ0v) is 28.3. The zero-order chi connectivity index (χ0) is 34.2. The van der Waals surface area contributed by atoms with E-state index in [0.717, 1.165) is 55.5 Å². The van der Waals surface area contributed by atoms with Gasteiger partial charge >= 0.3 is 0 Å². The molecular weight excluding hydrogens is 619 g/mol. The number of rotatable bonds is 5. The van der Waals surface area contributed by atoms with Crippen LogP contribution in [0.1, 0.15) is 29.2 Å². The minimum absolute atomic E-state index is 0.279. The van der Waals surface area contributed by atoms with E-state index in [1.807, 2.05) is 12.1 Å². The van der Waals surface area contributed by atoms with Crippen LogP contribution in [0.15, 0.2) is 188 Å². The molecule has 2 heterocycles. The lowest BCUT2D eigenvalue weighted by Crippen LogP contribution is -2.21. The third-order valence-corrected chi connectivity index (χ3v) is 10.1. The van der Waals surface area contributed by atoms with E-state index in [2.05, 4.69) is 194 Å². The summed E-state index contributed by atoms with van der Waals surface area (Å²) in [6, 6.07) is 57.6. The number of benzene rings is 6. The summed E-state index contributed by atoms with van der Waals surface area (Å²) in [7, 11) is 0. The minimum Gasteiger partial charge on any atom is -0.278 e. The average Bonchev–Trinajstić information content (AvgIpc) is 3.56. The van der Waals surface area contributed by atoms with Gasteiger partial charge in [0.15, 0.2) is 0 Å². The molecule has 0 fully saturated rings. The van der Waals surface area contributed by atoms with Crippen LogP contribution in [0.4, 0.5) is 0 Å². The maximum absolute atomic E-state index is 5.20. The van der Waals surface area contributed by atoms with Gasteiger partial charge in [0.05, 0.1) is 22.4 Å². The third kappa shape index (κ3) is 5.50. The van der Waals surface area contributed by atoms with Crippen LogP contribution in [0.2, 0.25) is 0 Å². The van der Waals surface area contributed by atoms with Gasteiger partial charge in [-0.15, -0.1) is 0 Å². The first-order valence-electron chi connectivity index (χ1n) is 17.4. The summed E-state index contributed by atoms with van der Waals surface area (Å²) in [5, 5.41) is 2.32. The van der Waals surface area contributed by atoms with Crippen molar-refractivity contribution in [3.63, 3.8) is 0 Å². The van der Waals surface area contributed by atoms with Gasteiger partial charge in [0.2, 0.25) is 5.95 Å². The highest BCUT2D eigenvalue weighted by Gasteiger charge is 2.28. The first kappa shape index (κ1) is 30.5. The Hall–Kier alpha value is -6.58. The maximum atomic E-state index is 5.20. The first-order chi connectivity index (χ1) is 25.2. The highest BCUT2D eigenvalue weighted by atomic mass is 15.2. The van der Waals surface area contributed by atoms with Crippen molar-refractivity contribution in [2.75, 3.05) is 0 Å². The third-order valence-electron chi connectivity index (χ3n) is 10.1. The lowest BCUT2D eigenvalue weighted by molar-refractivity contribution is 0.722. The number of aromatic nitrogens is 3. The van der Waals surface area contributed by atoms with Crippen molar-refractivity contribution in [3.05, 3.63) is 210 Å². The Morgan fingerprint density at radius 2 is 1.12 bits per heavy atom. The Morgan fingerprint density at radius 1 is 0.510 bits per heavy atom. The van der Waals surface area contributed by atoms with Crippen LogP contribution >= 0.6 is 0 Å². The Bertz CT molecular complexity index is 2570. The fourth-order valence-corrected chi connectivity index (χ4v) is 7.43. The lowest BCUT2D eigenvalue weighted by Gasteiger charge is -2.29. The molecule has 9 rings (SSSR count). The number of para-hydroxylation sites is 1. The number of fused-ring (bicyclic) bond motifs is 4. The SMILES string of the molecule is CC1(c2ccccc2)/C=C/C=C(c2ccc3c(c2)c2ccccc2n3-c2nc(-c3ccccc3)cc(-c3ccccc3)n2)\C=C\c2ccccc21. The monoisotopic (exact) mass is 653 g/mol. The Kier molecular flexibility index (Phi) is 7.59. The Morgan fingerprint density at radius 3 is 1.84 bits per heavy atom. The fourth-order valence-electron chi connectivity index (χ4n) is 7.43. The molecule has 8 aromatic rings. The van der Waals surface area contributed by atoms with Crippen LogP contribution in [-0.4, -0.2) is 14.5 Å². The summed E-state index contributed by atoms with van der Waals surface area (Å²) in [5.74, 6) is 0.649. The fraction of sp³-hybridized carbons (Fsp3) is 0.0417. The molecule has 0 N–H and O–H groups in total. The molecule has 0 amide bonds. The van der Waals surface area contributed by atoms with E-state index in [1.54, 1.807) is 0 Å². The van der Waals surface area contributed by atoms with Crippen molar-refractivity contribution in [2.45, 2.75) is 12.3 Å². The summed E-state index contributed by atoms with van der Waals surface area (Å²) in [4.78, 5) is 10.4. The molecular formula is C48H35N3. The van der Waals surface area contributed by atoms with Crippen molar-refractivity contribution in [1.29, 1.82) is 0 Å². The molecule has 0 aliphatic heterocycles. The van der Waals surface area contributed by atoms with Gasteiger partial charge in [-0.05, 0) is 59.0 Å². The van der Waals surface area contributed by atoms with E-state index in [4.69, 9.17) is 9.97 Å². The van der Waals surface area contributed by atoms with Crippen molar-refractivity contribution < 1.29 is 0 Å². The van der Waals surface area contributed by atoms with Gasteiger partial charge in [0, 0.05) is 27.3 Å². The molecule has 51 heavy (non-hydrogen) atoms. The van der Waals surface area contributed by atoms with Crippen molar-refractivity contribution in [2.24, 2.45) is 0 Å². The average molecular weight is 654 g/mol. The normalized spacial score (nSPS) is 17.9. The number of hydrogen-bond acceptors (Lipinski definition) is 2. The molecule has 0 saturated heterocycles. The van der Waals surface area contributed by atoms with E-state index in [9.17, 15) is 0 Å². The molecule has 6 aromatic carbocycles. The minimum atomic E-state index is -0.279. The van der Waals surface area contributed by atoms with Gasteiger partial charge in [-0.3, -0.25) is 4.57 Å². The van der Waals surface area contributed by atoms with E-state index in [0.29, 0.717) is 5.95 Å². The summed E-state index contributed by atoms with van der Waals surface area (Å²) in [6.07, 6.45) is 11.3. The quantitative estimate of drug-likeness (QED) is 0.185. The van der Waals surface area contributed by atoms with E-state index < -0.39 is 0 Å². The Labute approximate surface area is 298 Å². The first-order valence-corrected chi connectivity index (χ1v) is 17.4. The molecule has 242 valence electrons. The molecule has 2 aromatic heterocycles. The predicted molar refractivity (Wildman–Crippen MR) is 213 cm³/mol. The maximum Gasteiger partial charge on any atom is 0.235 e. The number of hydrogen-bond donors (Lipinski definition) is 0. The molecule has 1 unspecified atom stereocenters. The van der Waals surface area contributed by atoms with E-state index in [1.165, 1.54) is 16.7 Å². The highest BCUT2D eigenvalue weighted by Crippen LogP contribution is 2.39. The molecule has 3 heteroatoms. The topological polar surface area (TPSA) is 30.7 Å². The van der Waals surface area contributed by atoms with E-state index in [-0.39, 0.29) is 5.41 Å². The van der Waals surface area contributed by atoms with Crippen LogP contribution in [0.3, 0.4) is 0 Å². The largest absolute Gasteiger partial charge is 0.278 e. The van der Waals surface area contributed by atoms with Crippen LogP contribution in [0, 0.1) is 0 Å². The van der Waals surface area contributed by atoms with Gasteiger partial charge in [0.1, 0.15) is 0 Å². The molecule has 0 bridgehead atoms. The summed E-state index contributed by atoms with van der Waals surface area (Å²) in [5.41, 5.74) is 11.8. The standard InChI is InChI=1S/C48H35N3/c1-48(39-22-9-4-10-23-39)31-15-21-34(27-28-35-16-11-13-25-42(35)48)38-29-30-46-41(32-38)40-24-12-14-26-45(40)51(46)47-49-43(36-17-5-2-6-18-36)33-44(50-47)37-19-7-3-8-20-37/h2-33H,1H3/b28-27+,31-15+,34-21+. The van der Waals surface area contributed by atoms with Crippen LogP contribution < -0.4 is 0 Å². The Balaban J connectivity index is 1.21. The van der Waals surface area contributed by atoms with Gasteiger partial charge in [0.25, 0.3) is 0 Å². The molecule has 1 aliphatic rings. The molecule has 1 atom stereocenters. The molecule has 0 saturated carbocycles. The van der Waals surface area contributed by atoms with Crippen LogP contribution in [0.5, 0.6) is 0 Å². The second-order valence-corrected chi connectivity index (χ2v) is 13.2. The predicted octanol–water partition coefficient (Wildman–Crippen LogP) is 11.9. The van der Waals surface area contributed by atoms with Crippen molar-refractivity contribution in [3.8, 4) is 28.5 Å². The molecule has 0 spiro atoms. The smallest absolute Gasteiger partial charge is 0.235 e. The van der Waals surface area contributed by atoms with Gasteiger partial charge < -0.3 is 0 Å². The number of nitrogens with zero attached hydrogens (tertiary/aromatic N) is 3. The lowest BCUT2D eigenvalue weighted by atomic mass is 9.74. The second kappa shape index (κ2) is 12.7. The van der Waals surface area contributed by atoms with Crippen LogP contribution in [0.25, 0.3) is 61.9 Å². The van der Waals surface area contributed by atoms with Crippen LogP contribution in [-0.2, 0) is 5.41 Å². The van der Waals surface area contributed by atoms with Gasteiger partial charge in [-0.1, -0.05) is 170 Å². The number of allylic oxidation sites excluding steroid dienone is 5. The van der Waals surface area contributed by atoms with Crippen molar-refractivity contribution in [1.82, 2.24) is 14.5 Å². The summed E-state index contributed by atoms with van der Waals surface area (Å²) in [6.45, 7) is 2.31. The zero-order valence-electron chi connectivity index (χ0n) is 28.3. The highest BCUT2D eigenvalue weighted by molar-refractivity contribution is 6.10. The summed E-state index contributed by atoms with van der Waals surface area (Å²) < 4.78 is 2.21. The molecule has 1 aliphatic carbocycles. The van der Waals surface area contributed by atoms with E-state index >= 15 is 0 Å². The second-order valence-electron chi connectivity index (χ2n) is 13.2. The molecule has 0 radical (unpaired) electrons. The molecule has 3 nitrogen and oxygen atoms in total. The van der Waals surface area contributed by atoms with Gasteiger partial charge in [-0.25, -0.2) is 9.97 Å². The van der Waals surface area contributed by atoms with Gasteiger partial charge in [-0.2, -0.15) is 0 Å². The summed E-state index contributed by atoms with van der Waals surface area (Å²) >= 11 is 0.